The monoisotopic (exact) mass is 446 g/mol. The smallest absolute Gasteiger partial charge is 0.346 e. The molecule has 9 heteroatoms. The lowest BCUT2D eigenvalue weighted by molar-refractivity contribution is -0.0830. The minimum absolute atomic E-state index is 0.139. The van der Waals surface area contributed by atoms with Gasteiger partial charge in [0.2, 0.25) is 5.95 Å². The van der Waals surface area contributed by atoms with Crippen molar-refractivity contribution in [3.63, 3.8) is 0 Å². The average Bonchev–Trinajstić information content (AvgIpc) is 3.46. The molecule has 5 rings (SSSR count). The summed E-state index contributed by atoms with van der Waals surface area (Å²) in [6.07, 6.45) is 2.87. The van der Waals surface area contributed by atoms with E-state index in [1.54, 1.807) is 24.4 Å². The molecule has 0 saturated carbocycles. The number of nitrogens with two attached hydrogens (primary N) is 1. The quantitative estimate of drug-likeness (QED) is 0.478. The van der Waals surface area contributed by atoms with Gasteiger partial charge in [-0.3, -0.25) is 4.84 Å². The number of hydroxylamine groups is 2. The summed E-state index contributed by atoms with van der Waals surface area (Å²) in [4.78, 5) is 22.8. The molecule has 3 N–H and O–H groups in total. The number of halogens is 1. The SMILES string of the molecule is CCc1ccc(-c2ccc3nc(N)nn3c2)c(F)c1NC(=O)N1OCCC1c1ccccc1. The van der Waals surface area contributed by atoms with Crippen LogP contribution in [0.4, 0.5) is 20.8 Å². The van der Waals surface area contributed by atoms with Gasteiger partial charge in [0.25, 0.3) is 0 Å². The molecule has 1 aliphatic heterocycles. The first-order valence-corrected chi connectivity index (χ1v) is 10.8. The predicted molar refractivity (Wildman–Crippen MR) is 123 cm³/mol. The summed E-state index contributed by atoms with van der Waals surface area (Å²) in [5.41, 5.74) is 8.93. The van der Waals surface area contributed by atoms with Crippen molar-refractivity contribution in [2.75, 3.05) is 17.7 Å². The van der Waals surface area contributed by atoms with E-state index in [9.17, 15) is 4.79 Å². The molecule has 0 radical (unpaired) electrons. The van der Waals surface area contributed by atoms with Crippen molar-refractivity contribution in [2.24, 2.45) is 0 Å². The molecule has 168 valence electrons. The van der Waals surface area contributed by atoms with Gasteiger partial charge in [-0.15, -0.1) is 5.10 Å². The number of pyridine rings is 1. The van der Waals surface area contributed by atoms with Crippen LogP contribution >= 0.6 is 0 Å². The number of anilines is 2. The number of urea groups is 1. The van der Waals surface area contributed by atoms with E-state index >= 15 is 4.39 Å². The van der Waals surface area contributed by atoms with Crippen LogP contribution in [-0.4, -0.2) is 32.3 Å². The molecule has 2 aromatic carbocycles. The number of nitrogens with zero attached hydrogens (tertiary/aromatic N) is 4. The highest BCUT2D eigenvalue weighted by atomic mass is 19.1. The molecule has 8 nitrogen and oxygen atoms in total. The number of hydrogen-bond acceptors (Lipinski definition) is 5. The predicted octanol–water partition coefficient (Wildman–Crippen LogP) is 4.59. The molecule has 0 spiro atoms. The topological polar surface area (TPSA) is 97.8 Å². The van der Waals surface area contributed by atoms with E-state index in [4.69, 9.17) is 10.6 Å². The lowest BCUT2D eigenvalue weighted by Gasteiger charge is -2.24. The lowest BCUT2D eigenvalue weighted by Crippen LogP contribution is -2.34. The molecule has 3 heterocycles. The van der Waals surface area contributed by atoms with Crippen LogP contribution in [0.25, 0.3) is 16.8 Å². The van der Waals surface area contributed by atoms with Gasteiger partial charge >= 0.3 is 6.03 Å². The Balaban J connectivity index is 1.47. The molecule has 1 fully saturated rings. The summed E-state index contributed by atoms with van der Waals surface area (Å²) < 4.78 is 17.2. The van der Waals surface area contributed by atoms with Gasteiger partial charge in [0.15, 0.2) is 11.5 Å². The minimum Gasteiger partial charge on any atom is -0.366 e. The number of aryl methyl sites for hydroxylation is 1. The Kier molecular flexibility index (Phi) is 5.39. The van der Waals surface area contributed by atoms with E-state index in [1.807, 2.05) is 43.3 Å². The number of aromatic nitrogens is 3. The summed E-state index contributed by atoms with van der Waals surface area (Å²) >= 11 is 0. The van der Waals surface area contributed by atoms with Gasteiger partial charge in [-0.1, -0.05) is 49.4 Å². The van der Waals surface area contributed by atoms with Gasteiger partial charge in [0.05, 0.1) is 18.3 Å². The first-order chi connectivity index (χ1) is 16.0. The summed E-state index contributed by atoms with van der Waals surface area (Å²) in [5, 5.41) is 8.14. The third-order valence-corrected chi connectivity index (χ3v) is 5.79. The number of rotatable bonds is 4. The van der Waals surface area contributed by atoms with Crippen molar-refractivity contribution >= 4 is 23.3 Å². The van der Waals surface area contributed by atoms with Crippen LogP contribution in [0.15, 0.2) is 60.8 Å². The molecule has 1 unspecified atom stereocenters. The highest BCUT2D eigenvalue weighted by Gasteiger charge is 2.32. The normalized spacial score (nSPS) is 15.8. The fourth-order valence-electron chi connectivity index (χ4n) is 4.14. The van der Waals surface area contributed by atoms with Crippen molar-refractivity contribution in [3.05, 3.63) is 77.7 Å². The van der Waals surface area contributed by atoms with Crippen molar-refractivity contribution in [2.45, 2.75) is 25.8 Å². The first-order valence-electron chi connectivity index (χ1n) is 10.8. The molecule has 2 aromatic heterocycles. The number of fused-ring (bicyclic) bond motifs is 1. The van der Waals surface area contributed by atoms with Crippen LogP contribution in [0.5, 0.6) is 0 Å². The molecule has 4 aromatic rings. The van der Waals surface area contributed by atoms with E-state index in [-0.39, 0.29) is 17.7 Å². The number of nitrogens with one attached hydrogen (secondary N) is 1. The van der Waals surface area contributed by atoms with E-state index in [0.29, 0.717) is 41.8 Å². The fourth-order valence-corrected chi connectivity index (χ4v) is 4.14. The second-order valence-electron chi connectivity index (χ2n) is 7.81. The maximum absolute atomic E-state index is 15.7. The summed E-state index contributed by atoms with van der Waals surface area (Å²) in [7, 11) is 0. The Bertz CT molecular complexity index is 1320. The Hall–Kier alpha value is -3.98. The van der Waals surface area contributed by atoms with Crippen LogP contribution in [0.3, 0.4) is 0 Å². The molecule has 1 saturated heterocycles. The summed E-state index contributed by atoms with van der Waals surface area (Å²) in [6, 6.07) is 15.9. The van der Waals surface area contributed by atoms with E-state index < -0.39 is 11.8 Å². The van der Waals surface area contributed by atoms with Crippen LogP contribution in [0, 0.1) is 5.82 Å². The van der Waals surface area contributed by atoms with Gasteiger partial charge in [0.1, 0.15) is 0 Å². The molecular weight excluding hydrogens is 423 g/mol. The molecule has 0 aliphatic carbocycles. The number of nitrogen functional groups attached to an aromatic ring is 1. The van der Waals surface area contributed by atoms with Crippen molar-refractivity contribution in [1.82, 2.24) is 19.7 Å². The maximum atomic E-state index is 15.7. The third-order valence-electron chi connectivity index (χ3n) is 5.79. The van der Waals surface area contributed by atoms with E-state index in [1.165, 1.54) is 9.58 Å². The Morgan fingerprint density at radius 2 is 2.03 bits per heavy atom. The molecule has 0 bridgehead atoms. The van der Waals surface area contributed by atoms with E-state index in [0.717, 1.165) is 5.56 Å². The summed E-state index contributed by atoms with van der Waals surface area (Å²) in [5.74, 6) is -0.383. The zero-order chi connectivity index (χ0) is 22.9. The highest BCUT2D eigenvalue weighted by molar-refractivity contribution is 5.91. The maximum Gasteiger partial charge on any atom is 0.346 e. The number of hydrogen-bond donors (Lipinski definition) is 2. The Morgan fingerprint density at radius 3 is 2.82 bits per heavy atom. The standard InChI is InChI=1S/C24H23FN6O2/c1-2-15-8-10-18(17-9-11-20-27-23(26)29-30(20)14-17)21(25)22(15)28-24(32)31-19(12-13-33-31)16-6-4-3-5-7-16/h3-11,14,19H,2,12-13H2,1H3,(H2,26,29)(H,28,32). The second kappa shape index (κ2) is 8.51. The molecule has 2 amide bonds. The molecule has 33 heavy (non-hydrogen) atoms. The van der Waals surface area contributed by atoms with E-state index in [2.05, 4.69) is 15.4 Å². The number of carbonyl (C=O) groups excluding carboxylic acids is 1. The Morgan fingerprint density at radius 1 is 1.21 bits per heavy atom. The number of carbonyl (C=O) groups is 1. The van der Waals surface area contributed by atoms with Crippen LogP contribution in [-0.2, 0) is 11.3 Å². The molecular formula is C24H23FN6O2. The van der Waals surface area contributed by atoms with Crippen LogP contribution in [0.1, 0.15) is 30.5 Å². The zero-order valence-corrected chi connectivity index (χ0v) is 18.0. The lowest BCUT2D eigenvalue weighted by atomic mass is 10.0. The fraction of sp³-hybridized carbons (Fsp3) is 0.208. The van der Waals surface area contributed by atoms with Crippen LogP contribution in [0.2, 0.25) is 0 Å². The first kappa shape index (κ1) is 20.9. The van der Waals surface area contributed by atoms with Crippen molar-refractivity contribution < 1.29 is 14.0 Å². The molecule has 1 aliphatic rings. The minimum atomic E-state index is -0.523. The largest absolute Gasteiger partial charge is 0.366 e. The second-order valence-corrected chi connectivity index (χ2v) is 7.81. The highest BCUT2D eigenvalue weighted by Crippen LogP contribution is 2.34. The third kappa shape index (κ3) is 3.87. The van der Waals surface area contributed by atoms with Crippen LogP contribution < -0.4 is 11.1 Å². The van der Waals surface area contributed by atoms with Gasteiger partial charge in [-0.05, 0) is 29.7 Å². The van der Waals surface area contributed by atoms with Crippen molar-refractivity contribution in [3.8, 4) is 11.1 Å². The summed E-state index contributed by atoms with van der Waals surface area (Å²) in [6.45, 7) is 2.32. The van der Waals surface area contributed by atoms with Gasteiger partial charge in [-0.25, -0.2) is 13.7 Å². The number of amides is 2. The van der Waals surface area contributed by atoms with Gasteiger partial charge < -0.3 is 11.1 Å². The van der Waals surface area contributed by atoms with Gasteiger partial charge in [0, 0.05) is 23.7 Å². The zero-order valence-electron chi connectivity index (χ0n) is 18.0. The van der Waals surface area contributed by atoms with Gasteiger partial charge in [-0.2, -0.15) is 10.0 Å². The number of benzene rings is 2. The van der Waals surface area contributed by atoms with Crippen molar-refractivity contribution in [1.29, 1.82) is 0 Å². The Labute approximate surface area is 189 Å². The molecule has 1 atom stereocenters. The average molecular weight is 446 g/mol.